The first-order chi connectivity index (χ1) is 12.9. The lowest BCUT2D eigenvalue weighted by atomic mass is 10.1. The standard InChI is InChI=1S/C21H25N5/c1-2-8-20-19(7-1)16-18(17-24-20)6-3-4-11-25-12-14-26(15-13-25)21-22-9-5-10-23-21/h1-2,5,7-10,16-17H,3-4,6,11-15H2. The van der Waals surface area contributed by atoms with Crippen LogP contribution in [0.3, 0.4) is 0 Å². The summed E-state index contributed by atoms with van der Waals surface area (Å²) < 4.78 is 0. The van der Waals surface area contributed by atoms with Crippen molar-refractivity contribution in [3.05, 3.63) is 60.6 Å². The number of pyridine rings is 1. The molecule has 5 nitrogen and oxygen atoms in total. The second-order valence-corrected chi connectivity index (χ2v) is 6.87. The Hall–Kier alpha value is -2.53. The van der Waals surface area contributed by atoms with Crippen LogP contribution in [0.25, 0.3) is 10.9 Å². The fourth-order valence-corrected chi connectivity index (χ4v) is 3.54. The first-order valence-corrected chi connectivity index (χ1v) is 9.46. The van der Waals surface area contributed by atoms with Crippen LogP contribution in [0.1, 0.15) is 18.4 Å². The van der Waals surface area contributed by atoms with Crippen molar-refractivity contribution < 1.29 is 0 Å². The molecule has 3 heterocycles. The van der Waals surface area contributed by atoms with Gasteiger partial charge < -0.3 is 4.90 Å². The molecule has 1 aromatic carbocycles. The van der Waals surface area contributed by atoms with Gasteiger partial charge in [-0.2, -0.15) is 0 Å². The Morgan fingerprint density at radius 3 is 2.50 bits per heavy atom. The van der Waals surface area contributed by atoms with E-state index in [0.717, 1.165) is 44.1 Å². The number of piperazine rings is 1. The Labute approximate surface area is 154 Å². The molecule has 26 heavy (non-hydrogen) atoms. The lowest BCUT2D eigenvalue weighted by Gasteiger charge is -2.34. The molecule has 0 unspecified atom stereocenters. The number of hydrogen-bond donors (Lipinski definition) is 0. The Bertz CT molecular complexity index is 828. The van der Waals surface area contributed by atoms with Crippen molar-refractivity contribution in [3.8, 4) is 0 Å². The number of unbranched alkanes of at least 4 members (excludes halogenated alkanes) is 1. The van der Waals surface area contributed by atoms with E-state index >= 15 is 0 Å². The van der Waals surface area contributed by atoms with Crippen molar-refractivity contribution in [1.29, 1.82) is 0 Å². The molecular formula is C21H25N5. The lowest BCUT2D eigenvalue weighted by Crippen LogP contribution is -2.47. The number of aromatic nitrogens is 3. The zero-order valence-corrected chi connectivity index (χ0v) is 15.1. The molecule has 0 radical (unpaired) electrons. The van der Waals surface area contributed by atoms with E-state index in [1.807, 2.05) is 30.7 Å². The highest BCUT2D eigenvalue weighted by molar-refractivity contribution is 5.78. The summed E-state index contributed by atoms with van der Waals surface area (Å²) in [5, 5.41) is 1.24. The molecule has 0 N–H and O–H groups in total. The maximum absolute atomic E-state index is 4.56. The smallest absolute Gasteiger partial charge is 0.225 e. The maximum Gasteiger partial charge on any atom is 0.225 e. The Morgan fingerprint density at radius 2 is 1.65 bits per heavy atom. The molecule has 0 bridgehead atoms. The Morgan fingerprint density at radius 1 is 0.846 bits per heavy atom. The van der Waals surface area contributed by atoms with Crippen LogP contribution in [-0.4, -0.2) is 52.6 Å². The van der Waals surface area contributed by atoms with Gasteiger partial charge in [0.15, 0.2) is 0 Å². The number of anilines is 1. The fourth-order valence-electron chi connectivity index (χ4n) is 3.54. The van der Waals surface area contributed by atoms with Crippen LogP contribution >= 0.6 is 0 Å². The molecule has 2 aromatic heterocycles. The molecule has 1 aliphatic rings. The summed E-state index contributed by atoms with van der Waals surface area (Å²) in [5.74, 6) is 0.857. The van der Waals surface area contributed by atoms with Crippen LogP contribution in [0.15, 0.2) is 55.0 Å². The van der Waals surface area contributed by atoms with Gasteiger partial charge in [0.25, 0.3) is 0 Å². The average molecular weight is 347 g/mol. The van der Waals surface area contributed by atoms with Gasteiger partial charge in [0.1, 0.15) is 0 Å². The van der Waals surface area contributed by atoms with Crippen molar-refractivity contribution in [1.82, 2.24) is 19.9 Å². The van der Waals surface area contributed by atoms with Gasteiger partial charge in [-0.15, -0.1) is 0 Å². The van der Waals surface area contributed by atoms with E-state index < -0.39 is 0 Å². The highest BCUT2D eigenvalue weighted by Crippen LogP contribution is 2.15. The summed E-state index contributed by atoms with van der Waals surface area (Å²) in [4.78, 5) is 18.1. The highest BCUT2D eigenvalue weighted by Gasteiger charge is 2.18. The van der Waals surface area contributed by atoms with Gasteiger partial charge in [-0.1, -0.05) is 18.2 Å². The average Bonchev–Trinajstić information content (AvgIpc) is 2.72. The number of rotatable bonds is 6. The second kappa shape index (κ2) is 8.23. The number of benzene rings is 1. The van der Waals surface area contributed by atoms with E-state index in [4.69, 9.17) is 0 Å². The molecule has 4 rings (SSSR count). The monoisotopic (exact) mass is 347 g/mol. The molecule has 0 spiro atoms. The number of fused-ring (bicyclic) bond motifs is 1. The largest absolute Gasteiger partial charge is 0.338 e. The first-order valence-electron chi connectivity index (χ1n) is 9.46. The molecule has 3 aromatic rings. The highest BCUT2D eigenvalue weighted by atomic mass is 15.3. The molecule has 1 aliphatic heterocycles. The van der Waals surface area contributed by atoms with Crippen molar-refractivity contribution in [2.75, 3.05) is 37.6 Å². The molecule has 0 aliphatic carbocycles. The van der Waals surface area contributed by atoms with Gasteiger partial charge in [-0.3, -0.25) is 9.88 Å². The summed E-state index contributed by atoms with van der Waals surface area (Å²) in [6.07, 6.45) is 9.21. The fraction of sp³-hybridized carbons (Fsp3) is 0.381. The van der Waals surface area contributed by atoms with E-state index in [0.29, 0.717) is 0 Å². The summed E-state index contributed by atoms with van der Waals surface area (Å²) in [5.41, 5.74) is 2.42. The van der Waals surface area contributed by atoms with Crippen molar-refractivity contribution in [2.24, 2.45) is 0 Å². The minimum atomic E-state index is 0.857. The van der Waals surface area contributed by atoms with Gasteiger partial charge in [0.2, 0.25) is 5.95 Å². The summed E-state index contributed by atoms with van der Waals surface area (Å²) >= 11 is 0. The van der Waals surface area contributed by atoms with Crippen molar-refractivity contribution in [3.63, 3.8) is 0 Å². The van der Waals surface area contributed by atoms with E-state index in [2.05, 4.69) is 49.0 Å². The number of hydrogen-bond acceptors (Lipinski definition) is 5. The van der Waals surface area contributed by atoms with Crippen LogP contribution in [-0.2, 0) is 6.42 Å². The van der Waals surface area contributed by atoms with Crippen LogP contribution in [0.5, 0.6) is 0 Å². The predicted octanol–water partition coefficient (Wildman–Crippen LogP) is 3.17. The Balaban J connectivity index is 1.19. The SMILES string of the molecule is c1cnc(N2CCN(CCCCc3cnc4ccccc4c3)CC2)nc1. The molecule has 1 fully saturated rings. The number of nitrogens with zero attached hydrogens (tertiary/aromatic N) is 5. The van der Waals surface area contributed by atoms with Crippen LogP contribution < -0.4 is 4.90 Å². The molecule has 0 amide bonds. The summed E-state index contributed by atoms with van der Waals surface area (Å²) in [6, 6.07) is 12.5. The third-order valence-corrected chi connectivity index (χ3v) is 5.04. The van der Waals surface area contributed by atoms with E-state index in [1.165, 1.54) is 30.3 Å². The molecule has 134 valence electrons. The van der Waals surface area contributed by atoms with Gasteiger partial charge in [0.05, 0.1) is 5.52 Å². The maximum atomic E-state index is 4.56. The quantitative estimate of drug-likeness (QED) is 0.641. The van der Waals surface area contributed by atoms with Gasteiger partial charge >= 0.3 is 0 Å². The minimum Gasteiger partial charge on any atom is -0.338 e. The molecule has 0 atom stereocenters. The zero-order valence-electron chi connectivity index (χ0n) is 15.1. The lowest BCUT2D eigenvalue weighted by molar-refractivity contribution is 0.252. The minimum absolute atomic E-state index is 0.857. The predicted molar refractivity (Wildman–Crippen MR) is 105 cm³/mol. The second-order valence-electron chi connectivity index (χ2n) is 6.87. The van der Waals surface area contributed by atoms with E-state index in [9.17, 15) is 0 Å². The number of para-hydroxylation sites is 1. The summed E-state index contributed by atoms with van der Waals surface area (Å²) in [6.45, 7) is 5.38. The van der Waals surface area contributed by atoms with Gasteiger partial charge in [-0.05, 0) is 49.6 Å². The van der Waals surface area contributed by atoms with Gasteiger partial charge in [0, 0.05) is 50.2 Å². The first kappa shape index (κ1) is 16.9. The molecular weight excluding hydrogens is 322 g/mol. The third kappa shape index (κ3) is 4.17. The van der Waals surface area contributed by atoms with Crippen molar-refractivity contribution in [2.45, 2.75) is 19.3 Å². The van der Waals surface area contributed by atoms with Gasteiger partial charge in [-0.25, -0.2) is 9.97 Å². The van der Waals surface area contributed by atoms with E-state index in [1.54, 1.807) is 0 Å². The van der Waals surface area contributed by atoms with Crippen LogP contribution in [0.4, 0.5) is 5.95 Å². The molecule has 0 saturated carbocycles. The third-order valence-electron chi connectivity index (χ3n) is 5.04. The zero-order chi connectivity index (χ0) is 17.6. The molecule has 1 saturated heterocycles. The number of aryl methyl sites for hydroxylation is 1. The topological polar surface area (TPSA) is 45.2 Å². The van der Waals surface area contributed by atoms with Crippen molar-refractivity contribution >= 4 is 16.9 Å². The normalized spacial score (nSPS) is 15.5. The summed E-state index contributed by atoms with van der Waals surface area (Å²) in [7, 11) is 0. The van der Waals surface area contributed by atoms with Crippen LogP contribution in [0, 0.1) is 0 Å². The van der Waals surface area contributed by atoms with E-state index in [-0.39, 0.29) is 0 Å². The Kier molecular flexibility index (Phi) is 5.36. The van der Waals surface area contributed by atoms with Crippen LogP contribution in [0.2, 0.25) is 0 Å². The molecule has 5 heteroatoms.